The van der Waals surface area contributed by atoms with Crippen molar-refractivity contribution in [1.29, 1.82) is 0 Å². The van der Waals surface area contributed by atoms with Gasteiger partial charge in [-0.1, -0.05) is 6.58 Å². The van der Waals surface area contributed by atoms with E-state index in [0.717, 1.165) is 49.6 Å². The van der Waals surface area contributed by atoms with E-state index in [-0.39, 0.29) is 5.91 Å². The zero-order valence-corrected chi connectivity index (χ0v) is 17.2. The number of fused-ring (bicyclic) bond motifs is 2. The fraction of sp³-hybridized carbons (Fsp3) is 0.450. The van der Waals surface area contributed by atoms with Gasteiger partial charge >= 0.3 is 0 Å². The molecule has 156 valence electrons. The van der Waals surface area contributed by atoms with E-state index in [2.05, 4.69) is 33.8 Å². The third-order valence-electron chi connectivity index (χ3n) is 6.02. The first-order chi connectivity index (χ1) is 14.6. The number of likely N-dealkylation sites (tertiary alicyclic amines) is 1. The van der Waals surface area contributed by atoms with Gasteiger partial charge in [-0.2, -0.15) is 15.1 Å². The monoisotopic (exact) mass is 407 g/mol. The van der Waals surface area contributed by atoms with Gasteiger partial charge in [0.2, 0.25) is 11.9 Å². The maximum atomic E-state index is 11.9. The highest BCUT2D eigenvalue weighted by Crippen LogP contribution is 2.34. The van der Waals surface area contributed by atoms with Crippen LogP contribution in [0.1, 0.15) is 6.92 Å². The van der Waals surface area contributed by atoms with E-state index in [4.69, 9.17) is 9.97 Å². The van der Waals surface area contributed by atoms with Crippen molar-refractivity contribution in [1.82, 2.24) is 34.2 Å². The quantitative estimate of drug-likeness (QED) is 0.639. The van der Waals surface area contributed by atoms with E-state index in [0.29, 0.717) is 23.6 Å². The highest BCUT2D eigenvalue weighted by molar-refractivity contribution is 5.87. The zero-order chi connectivity index (χ0) is 20.8. The molecule has 30 heavy (non-hydrogen) atoms. The largest absolute Gasteiger partial charge is 0.340 e. The fourth-order valence-corrected chi connectivity index (χ4v) is 4.48. The molecular formula is C20H25N9O. The lowest BCUT2D eigenvalue weighted by Crippen LogP contribution is -2.32. The zero-order valence-electron chi connectivity index (χ0n) is 17.2. The number of hydrogen-bond acceptors (Lipinski definition) is 7. The van der Waals surface area contributed by atoms with Crippen LogP contribution in [0.15, 0.2) is 31.4 Å². The lowest BCUT2D eigenvalue weighted by molar-refractivity contribution is -0.125. The van der Waals surface area contributed by atoms with Crippen LogP contribution in [0, 0.1) is 11.8 Å². The Labute approximate surface area is 174 Å². The summed E-state index contributed by atoms with van der Waals surface area (Å²) in [4.78, 5) is 30.3. The molecule has 5 heterocycles. The molecule has 10 heteroatoms. The Morgan fingerprint density at radius 1 is 1.27 bits per heavy atom. The van der Waals surface area contributed by atoms with Gasteiger partial charge in [0.15, 0.2) is 17.0 Å². The molecule has 10 nitrogen and oxygen atoms in total. The van der Waals surface area contributed by atoms with Gasteiger partial charge in [-0.15, -0.1) is 0 Å². The molecule has 0 saturated carbocycles. The highest BCUT2D eigenvalue weighted by atomic mass is 16.2. The lowest BCUT2D eigenvalue weighted by atomic mass is 10.0. The summed E-state index contributed by atoms with van der Waals surface area (Å²) in [6.07, 6.45) is 6.86. The Morgan fingerprint density at radius 3 is 2.67 bits per heavy atom. The van der Waals surface area contributed by atoms with Crippen LogP contribution in [0.3, 0.4) is 0 Å². The molecule has 2 atom stereocenters. The van der Waals surface area contributed by atoms with Crippen LogP contribution in [0.2, 0.25) is 0 Å². The molecule has 0 spiro atoms. The number of aryl methyl sites for hydroxylation is 2. The first-order valence-corrected chi connectivity index (χ1v) is 10.2. The molecule has 0 unspecified atom stereocenters. The van der Waals surface area contributed by atoms with Gasteiger partial charge in [-0.3, -0.25) is 9.48 Å². The van der Waals surface area contributed by atoms with Gasteiger partial charge in [0, 0.05) is 57.8 Å². The predicted molar refractivity (Wildman–Crippen MR) is 113 cm³/mol. The molecule has 0 aromatic carbocycles. The maximum absolute atomic E-state index is 11.9. The third-order valence-corrected chi connectivity index (χ3v) is 6.02. The second-order valence-electron chi connectivity index (χ2n) is 7.98. The number of aromatic nitrogens is 6. The number of imidazole rings is 1. The van der Waals surface area contributed by atoms with E-state index in [9.17, 15) is 4.79 Å². The van der Waals surface area contributed by atoms with E-state index >= 15 is 0 Å². The number of carbonyl (C=O) groups excluding carboxylic acids is 1. The van der Waals surface area contributed by atoms with Crippen LogP contribution < -0.4 is 10.2 Å². The number of carbonyl (C=O) groups is 1. The normalized spacial score (nSPS) is 20.7. The number of hydrogen-bond donors (Lipinski definition) is 1. The van der Waals surface area contributed by atoms with Crippen molar-refractivity contribution in [2.45, 2.75) is 13.5 Å². The van der Waals surface area contributed by atoms with Crippen molar-refractivity contribution in [3.05, 3.63) is 31.4 Å². The minimum absolute atomic E-state index is 0.0171. The standard InChI is InChI=1S/C20H25N9O/c1-4-16(30)28-7-13-9-29(10-14(13)8-28)20-24-18(23-15-6-22-26(3)11-15)17-19(25-20)27(5-2)12-21-17/h4,6,11-14H,1,5,7-10H2,2-3H3,(H,23,24,25)/t13-,14+. The van der Waals surface area contributed by atoms with Crippen molar-refractivity contribution < 1.29 is 4.79 Å². The van der Waals surface area contributed by atoms with E-state index in [1.165, 1.54) is 6.08 Å². The van der Waals surface area contributed by atoms with Crippen LogP contribution in [0.4, 0.5) is 17.5 Å². The molecule has 2 aliphatic rings. The molecule has 1 N–H and O–H groups in total. The van der Waals surface area contributed by atoms with Gasteiger partial charge in [0.25, 0.3) is 0 Å². The molecule has 5 rings (SSSR count). The van der Waals surface area contributed by atoms with Crippen LogP contribution in [-0.4, -0.2) is 66.3 Å². The Kier molecular flexibility index (Phi) is 4.41. The summed E-state index contributed by atoms with van der Waals surface area (Å²) >= 11 is 0. The fourth-order valence-electron chi connectivity index (χ4n) is 4.48. The summed E-state index contributed by atoms with van der Waals surface area (Å²) < 4.78 is 3.76. The van der Waals surface area contributed by atoms with Gasteiger partial charge < -0.3 is 19.7 Å². The summed E-state index contributed by atoms with van der Waals surface area (Å²) in [5.41, 5.74) is 2.41. The van der Waals surface area contributed by atoms with Gasteiger partial charge in [0.05, 0.1) is 18.2 Å². The van der Waals surface area contributed by atoms with Crippen molar-refractivity contribution in [3.8, 4) is 0 Å². The van der Waals surface area contributed by atoms with E-state index in [1.54, 1.807) is 17.2 Å². The number of rotatable bonds is 5. The molecule has 3 aromatic rings. The van der Waals surface area contributed by atoms with Gasteiger partial charge in [0.1, 0.15) is 0 Å². The first-order valence-electron chi connectivity index (χ1n) is 10.2. The maximum Gasteiger partial charge on any atom is 0.245 e. The Balaban J connectivity index is 1.45. The molecular weight excluding hydrogens is 382 g/mol. The number of amides is 1. The summed E-state index contributed by atoms with van der Waals surface area (Å²) in [7, 11) is 1.88. The minimum Gasteiger partial charge on any atom is -0.340 e. The molecule has 1 amide bonds. The Hall–Kier alpha value is -3.43. The molecule has 0 aliphatic carbocycles. The molecule has 0 bridgehead atoms. The Morgan fingerprint density at radius 2 is 2.03 bits per heavy atom. The van der Waals surface area contributed by atoms with Crippen LogP contribution in [0.25, 0.3) is 11.2 Å². The first kappa shape index (κ1) is 18.6. The number of nitrogens with zero attached hydrogens (tertiary/aromatic N) is 8. The van der Waals surface area contributed by atoms with Crippen LogP contribution in [-0.2, 0) is 18.4 Å². The lowest BCUT2D eigenvalue weighted by Gasteiger charge is -2.21. The van der Waals surface area contributed by atoms with Crippen molar-refractivity contribution in [2.24, 2.45) is 18.9 Å². The van der Waals surface area contributed by atoms with Crippen molar-refractivity contribution in [2.75, 3.05) is 36.4 Å². The van der Waals surface area contributed by atoms with E-state index < -0.39 is 0 Å². The summed E-state index contributed by atoms with van der Waals surface area (Å²) in [5, 5.41) is 7.56. The average Bonchev–Trinajstić information content (AvgIpc) is 3.49. The highest BCUT2D eigenvalue weighted by Gasteiger charge is 2.42. The summed E-state index contributed by atoms with van der Waals surface area (Å²) in [6.45, 7) is 9.66. The minimum atomic E-state index is 0.0171. The van der Waals surface area contributed by atoms with Gasteiger partial charge in [-0.05, 0) is 13.0 Å². The molecule has 0 radical (unpaired) electrons. The number of anilines is 3. The summed E-state index contributed by atoms with van der Waals surface area (Å²) in [6, 6.07) is 0. The SMILES string of the molecule is C=CC(=O)N1C[C@@H]2CN(c3nc(Nc4cnn(C)c4)c4ncn(CC)c4n3)C[C@@H]2C1. The van der Waals surface area contributed by atoms with Crippen molar-refractivity contribution >= 4 is 34.5 Å². The van der Waals surface area contributed by atoms with Gasteiger partial charge in [-0.25, -0.2) is 4.98 Å². The third kappa shape index (κ3) is 3.08. The topological polar surface area (TPSA) is 97.0 Å². The van der Waals surface area contributed by atoms with Crippen LogP contribution in [0.5, 0.6) is 0 Å². The van der Waals surface area contributed by atoms with E-state index in [1.807, 2.05) is 22.7 Å². The van der Waals surface area contributed by atoms with Crippen molar-refractivity contribution in [3.63, 3.8) is 0 Å². The predicted octanol–water partition coefficient (Wildman–Crippen LogP) is 1.40. The molecule has 2 saturated heterocycles. The second-order valence-corrected chi connectivity index (χ2v) is 7.98. The molecule has 2 fully saturated rings. The Bertz CT molecular complexity index is 1100. The smallest absolute Gasteiger partial charge is 0.245 e. The summed E-state index contributed by atoms with van der Waals surface area (Å²) in [5.74, 6) is 2.25. The van der Waals surface area contributed by atoms with Crippen LogP contribution >= 0.6 is 0 Å². The number of nitrogens with one attached hydrogen (secondary N) is 1. The molecule has 3 aromatic heterocycles. The molecule has 2 aliphatic heterocycles. The second kappa shape index (κ2) is 7.12. The average molecular weight is 407 g/mol.